The summed E-state index contributed by atoms with van der Waals surface area (Å²) in [6, 6.07) is 0.605. The molecule has 0 saturated heterocycles. The van der Waals surface area contributed by atoms with Crippen molar-refractivity contribution in [3.8, 4) is 0 Å². The van der Waals surface area contributed by atoms with Crippen LogP contribution in [-0.2, 0) is 0 Å². The highest BCUT2D eigenvalue weighted by molar-refractivity contribution is 4.64. The largest absolute Gasteiger partial charge is 0.330 e. The van der Waals surface area contributed by atoms with Gasteiger partial charge in [0.05, 0.1) is 0 Å². The van der Waals surface area contributed by atoms with Crippen LogP contribution in [0.15, 0.2) is 0 Å². The normalized spacial score (nSPS) is 16.0. The molecular weight excluding hydrogens is 150 g/mol. The lowest BCUT2D eigenvalue weighted by Gasteiger charge is -2.12. The molecule has 0 aliphatic heterocycles. The van der Waals surface area contributed by atoms with E-state index in [1.165, 1.54) is 0 Å². The molecule has 0 aromatic rings. The van der Waals surface area contributed by atoms with E-state index in [1.807, 2.05) is 6.92 Å². The topological polar surface area (TPSA) is 78.1 Å². The van der Waals surface area contributed by atoms with E-state index in [0.717, 1.165) is 38.6 Å². The van der Waals surface area contributed by atoms with Crippen molar-refractivity contribution in [2.75, 3.05) is 6.54 Å². The molecule has 2 unspecified atom stereocenters. The van der Waals surface area contributed by atoms with Gasteiger partial charge in [-0.15, -0.1) is 0 Å². The molecule has 0 amide bonds. The Bertz CT molecular complexity index is 93.8. The van der Waals surface area contributed by atoms with Gasteiger partial charge in [-0.3, -0.25) is 0 Å². The fraction of sp³-hybridized carbons (Fsp3) is 1.00. The molecule has 0 heterocycles. The van der Waals surface area contributed by atoms with Crippen molar-refractivity contribution in [1.82, 2.24) is 0 Å². The van der Waals surface area contributed by atoms with Crippen molar-refractivity contribution in [1.29, 1.82) is 0 Å². The highest BCUT2D eigenvalue weighted by Gasteiger charge is 2.03. The molecule has 0 aromatic heterocycles. The fourth-order valence-electron chi connectivity index (χ4n) is 1.17. The molecule has 0 aliphatic rings. The maximum atomic E-state index is 5.87. The van der Waals surface area contributed by atoms with Crippen molar-refractivity contribution in [3.05, 3.63) is 0 Å². The molecule has 0 bridgehead atoms. The summed E-state index contributed by atoms with van der Waals surface area (Å²) in [5.74, 6) is 0. The van der Waals surface area contributed by atoms with Gasteiger partial charge in [-0.2, -0.15) is 0 Å². The summed E-state index contributed by atoms with van der Waals surface area (Å²) in [6.07, 6.45) is 5.40. The first-order valence-electron chi connectivity index (χ1n) is 4.88. The van der Waals surface area contributed by atoms with Crippen LogP contribution in [0.5, 0.6) is 0 Å². The first-order chi connectivity index (χ1) is 5.66. The van der Waals surface area contributed by atoms with E-state index in [4.69, 9.17) is 17.2 Å². The monoisotopic (exact) mass is 173 g/mol. The summed E-state index contributed by atoms with van der Waals surface area (Å²) >= 11 is 0. The van der Waals surface area contributed by atoms with Gasteiger partial charge in [0.15, 0.2) is 0 Å². The van der Waals surface area contributed by atoms with Crippen LogP contribution < -0.4 is 17.2 Å². The number of unbranched alkanes of at least 4 members (excludes halogenated alkanes) is 1. The first-order valence-corrected chi connectivity index (χ1v) is 4.88. The molecule has 2 atom stereocenters. The predicted octanol–water partition coefficient (Wildman–Crippen LogP) is 0.570. The molecule has 12 heavy (non-hydrogen) atoms. The van der Waals surface area contributed by atoms with Crippen LogP contribution in [0.25, 0.3) is 0 Å². The van der Waals surface area contributed by atoms with Gasteiger partial charge in [-0.1, -0.05) is 6.42 Å². The maximum Gasteiger partial charge on any atom is 0.00394 e. The quantitative estimate of drug-likeness (QED) is 0.492. The Kier molecular flexibility index (Phi) is 7.45. The van der Waals surface area contributed by atoms with Crippen LogP contribution in [0.3, 0.4) is 0 Å². The van der Waals surface area contributed by atoms with Crippen molar-refractivity contribution in [3.63, 3.8) is 0 Å². The first kappa shape index (κ1) is 11.9. The van der Waals surface area contributed by atoms with Gasteiger partial charge in [-0.25, -0.2) is 0 Å². The SMILES string of the molecule is CC(N)CCC(N)CCCCN. The van der Waals surface area contributed by atoms with Gasteiger partial charge in [0.2, 0.25) is 0 Å². The Labute approximate surface area is 75.7 Å². The lowest BCUT2D eigenvalue weighted by molar-refractivity contribution is 0.493. The summed E-state index contributed by atoms with van der Waals surface area (Å²) in [6.45, 7) is 2.80. The maximum absolute atomic E-state index is 5.87. The van der Waals surface area contributed by atoms with E-state index in [2.05, 4.69) is 0 Å². The second-order valence-electron chi connectivity index (χ2n) is 3.60. The average molecular weight is 173 g/mol. The predicted molar refractivity (Wildman–Crippen MR) is 53.8 cm³/mol. The fourth-order valence-corrected chi connectivity index (χ4v) is 1.17. The highest BCUT2D eigenvalue weighted by Crippen LogP contribution is 2.05. The van der Waals surface area contributed by atoms with Crippen LogP contribution in [0.1, 0.15) is 39.0 Å². The number of hydrogen-bond donors (Lipinski definition) is 3. The van der Waals surface area contributed by atoms with Gasteiger partial charge in [0.1, 0.15) is 0 Å². The summed E-state index contributed by atoms with van der Waals surface area (Å²) < 4.78 is 0. The van der Waals surface area contributed by atoms with E-state index in [1.54, 1.807) is 0 Å². The molecular formula is C9H23N3. The summed E-state index contributed by atoms with van der Waals surface area (Å²) in [4.78, 5) is 0. The summed E-state index contributed by atoms with van der Waals surface area (Å²) in [7, 11) is 0. The van der Waals surface area contributed by atoms with E-state index in [0.29, 0.717) is 6.04 Å². The molecule has 0 fully saturated rings. The van der Waals surface area contributed by atoms with Crippen molar-refractivity contribution in [2.45, 2.75) is 51.1 Å². The van der Waals surface area contributed by atoms with E-state index in [9.17, 15) is 0 Å². The zero-order valence-electron chi connectivity index (χ0n) is 8.13. The van der Waals surface area contributed by atoms with Gasteiger partial charge in [0, 0.05) is 12.1 Å². The van der Waals surface area contributed by atoms with Crippen LogP contribution in [0, 0.1) is 0 Å². The Morgan fingerprint density at radius 1 is 1.00 bits per heavy atom. The second-order valence-corrected chi connectivity index (χ2v) is 3.60. The molecule has 0 aromatic carbocycles. The Hall–Kier alpha value is -0.120. The zero-order chi connectivity index (χ0) is 9.40. The van der Waals surface area contributed by atoms with Crippen molar-refractivity contribution >= 4 is 0 Å². The Morgan fingerprint density at radius 2 is 1.67 bits per heavy atom. The molecule has 0 saturated carbocycles. The standard InChI is InChI=1S/C9H23N3/c1-8(11)5-6-9(12)4-2-3-7-10/h8-9H,2-7,10-12H2,1H3. The number of rotatable bonds is 7. The molecule has 3 heteroatoms. The number of nitrogens with two attached hydrogens (primary N) is 3. The summed E-state index contributed by atoms with van der Waals surface area (Å²) in [5.41, 5.74) is 16.9. The van der Waals surface area contributed by atoms with Gasteiger partial charge >= 0.3 is 0 Å². The minimum atomic E-state index is 0.283. The van der Waals surface area contributed by atoms with Gasteiger partial charge < -0.3 is 17.2 Å². The van der Waals surface area contributed by atoms with Gasteiger partial charge in [-0.05, 0) is 39.2 Å². The molecule has 0 radical (unpaired) electrons. The van der Waals surface area contributed by atoms with Crippen LogP contribution in [-0.4, -0.2) is 18.6 Å². The highest BCUT2D eigenvalue weighted by atomic mass is 14.6. The Balaban J connectivity index is 3.15. The molecule has 0 spiro atoms. The van der Waals surface area contributed by atoms with Crippen LogP contribution in [0.2, 0.25) is 0 Å². The average Bonchev–Trinajstić information content (AvgIpc) is 2.01. The number of hydrogen-bond acceptors (Lipinski definition) is 3. The lowest BCUT2D eigenvalue weighted by atomic mass is 10.0. The molecule has 0 rings (SSSR count). The molecule has 74 valence electrons. The molecule has 0 aliphatic carbocycles. The van der Waals surface area contributed by atoms with E-state index >= 15 is 0 Å². The minimum Gasteiger partial charge on any atom is -0.330 e. The van der Waals surface area contributed by atoms with Gasteiger partial charge in [0.25, 0.3) is 0 Å². The van der Waals surface area contributed by atoms with E-state index in [-0.39, 0.29) is 6.04 Å². The third-order valence-corrected chi connectivity index (χ3v) is 2.02. The molecule has 3 nitrogen and oxygen atoms in total. The van der Waals surface area contributed by atoms with Crippen LogP contribution in [0.4, 0.5) is 0 Å². The smallest absolute Gasteiger partial charge is 0.00394 e. The van der Waals surface area contributed by atoms with Crippen molar-refractivity contribution < 1.29 is 0 Å². The summed E-state index contributed by atoms with van der Waals surface area (Å²) in [5, 5.41) is 0. The third kappa shape index (κ3) is 7.98. The van der Waals surface area contributed by atoms with Crippen molar-refractivity contribution in [2.24, 2.45) is 17.2 Å². The van der Waals surface area contributed by atoms with E-state index < -0.39 is 0 Å². The zero-order valence-corrected chi connectivity index (χ0v) is 8.13. The Morgan fingerprint density at radius 3 is 2.17 bits per heavy atom. The molecule has 6 N–H and O–H groups in total. The van der Waals surface area contributed by atoms with Crippen LogP contribution >= 0.6 is 0 Å². The second kappa shape index (κ2) is 7.53. The lowest BCUT2D eigenvalue weighted by Crippen LogP contribution is -2.24. The third-order valence-electron chi connectivity index (χ3n) is 2.02. The minimum absolute atomic E-state index is 0.283.